The number of thioether (sulfide) groups is 1. The molecule has 1 fully saturated rings. The first-order chi connectivity index (χ1) is 14.0. The second kappa shape index (κ2) is 8.83. The molecule has 0 spiro atoms. The Hall–Kier alpha value is -1.93. The molecular weight excluding hydrogens is 494 g/mol. The van der Waals surface area contributed by atoms with Crippen molar-refractivity contribution < 1.29 is 14.0 Å². The zero-order valence-electron chi connectivity index (χ0n) is 14.8. The Labute approximate surface area is 189 Å². The van der Waals surface area contributed by atoms with Crippen LogP contribution in [0.4, 0.5) is 4.79 Å². The first kappa shape index (κ1) is 20.3. The van der Waals surface area contributed by atoms with Gasteiger partial charge < -0.3 is 4.42 Å². The molecule has 2 aromatic carbocycles. The van der Waals surface area contributed by atoms with Gasteiger partial charge >= 0.3 is 0 Å². The topological polar surface area (TPSA) is 50.5 Å². The molecule has 1 aliphatic heterocycles. The molecule has 0 N–H and O–H groups in total. The molecule has 1 aromatic heterocycles. The van der Waals surface area contributed by atoms with Gasteiger partial charge in [-0.25, -0.2) is 0 Å². The summed E-state index contributed by atoms with van der Waals surface area (Å²) in [4.78, 5) is 27.6. The number of halogens is 2. The Morgan fingerprint density at radius 3 is 2.66 bits per heavy atom. The summed E-state index contributed by atoms with van der Waals surface area (Å²) in [6, 6.07) is 18.6. The van der Waals surface area contributed by atoms with E-state index in [0.717, 1.165) is 26.7 Å². The number of carbonyl (C=O) groups is 2. The third-order valence-corrected chi connectivity index (χ3v) is 6.59. The maximum atomic E-state index is 12.7. The van der Waals surface area contributed by atoms with Crippen molar-refractivity contribution in [2.45, 2.75) is 16.5 Å². The average molecular weight is 507 g/mol. The summed E-state index contributed by atoms with van der Waals surface area (Å²) in [6.45, 7) is 0.233. The Morgan fingerprint density at radius 1 is 1.10 bits per heavy atom. The Balaban J connectivity index is 1.47. The van der Waals surface area contributed by atoms with Gasteiger partial charge in [0.15, 0.2) is 5.09 Å². The number of benzene rings is 2. The summed E-state index contributed by atoms with van der Waals surface area (Å²) < 4.78 is 6.69. The van der Waals surface area contributed by atoms with Crippen LogP contribution in [0.5, 0.6) is 0 Å². The number of hydrogen-bond donors (Lipinski definition) is 0. The van der Waals surface area contributed by atoms with Crippen molar-refractivity contribution in [3.8, 4) is 0 Å². The highest BCUT2D eigenvalue weighted by Crippen LogP contribution is 2.35. The minimum atomic E-state index is -0.316. The van der Waals surface area contributed by atoms with Gasteiger partial charge in [-0.05, 0) is 65.9 Å². The number of amides is 2. The lowest BCUT2D eigenvalue weighted by Crippen LogP contribution is -2.27. The fourth-order valence-electron chi connectivity index (χ4n) is 2.67. The van der Waals surface area contributed by atoms with Gasteiger partial charge in [-0.2, -0.15) is 0 Å². The smallest absolute Gasteiger partial charge is 0.293 e. The van der Waals surface area contributed by atoms with Crippen LogP contribution < -0.4 is 0 Å². The number of furan rings is 1. The third kappa shape index (κ3) is 4.98. The quantitative estimate of drug-likeness (QED) is 0.346. The summed E-state index contributed by atoms with van der Waals surface area (Å²) in [6.07, 6.45) is 1.61. The summed E-state index contributed by atoms with van der Waals surface area (Å²) in [5, 5.41) is 1.07. The summed E-state index contributed by atoms with van der Waals surface area (Å²) in [5.41, 5.74) is 0.877. The minimum Gasteiger partial charge on any atom is -0.450 e. The fourth-order valence-corrected chi connectivity index (χ4v) is 4.84. The zero-order chi connectivity index (χ0) is 20.4. The molecule has 1 aliphatic rings. The van der Waals surface area contributed by atoms with Crippen LogP contribution in [-0.2, 0) is 11.3 Å². The van der Waals surface area contributed by atoms with Crippen molar-refractivity contribution in [2.24, 2.45) is 0 Å². The van der Waals surface area contributed by atoms with Crippen LogP contribution >= 0.6 is 51.1 Å². The zero-order valence-corrected chi connectivity index (χ0v) is 18.8. The number of hydrogen-bond acceptors (Lipinski definition) is 5. The lowest BCUT2D eigenvalue weighted by Gasteiger charge is -2.12. The van der Waals surface area contributed by atoms with Crippen molar-refractivity contribution in [3.63, 3.8) is 0 Å². The third-order valence-electron chi connectivity index (χ3n) is 4.01. The number of carbonyl (C=O) groups excluding carboxylic acids is 2. The highest BCUT2D eigenvalue weighted by atomic mass is 79.9. The predicted molar refractivity (Wildman–Crippen MR) is 120 cm³/mol. The van der Waals surface area contributed by atoms with Crippen molar-refractivity contribution >= 4 is 68.3 Å². The van der Waals surface area contributed by atoms with Gasteiger partial charge in [0.2, 0.25) is 0 Å². The normalized spacial score (nSPS) is 15.5. The van der Waals surface area contributed by atoms with E-state index in [4.69, 9.17) is 16.0 Å². The van der Waals surface area contributed by atoms with Crippen molar-refractivity contribution in [1.82, 2.24) is 4.90 Å². The van der Waals surface area contributed by atoms with Crippen LogP contribution in [0.2, 0.25) is 5.02 Å². The molecule has 0 atom stereocenters. The molecule has 0 unspecified atom stereocenters. The Bertz CT molecular complexity index is 1110. The van der Waals surface area contributed by atoms with E-state index in [1.807, 2.05) is 54.6 Å². The summed E-state index contributed by atoms with van der Waals surface area (Å²) in [5.74, 6) is 0.206. The largest absolute Gasteiger partial charge is 0.450 e. The second-order valence-electron chi connectivity index (χ2n) is 6.11. The van der Waals surface area contributed by atoms with E-state index in [1.54, 1.807) is 12.1 Å². The maximum Gasteiger partial charge on any atom is 0.293 e. The number of nitrogens with zero attached hydrogens (tertiary/aromatic N) is 1. The van der Waals surface area contributed by atoms with E-state index in [-0.39, 0.29) is 17.7 Å². The van der Waals surface area contributed by atoms with Gasteiger partial charge in [-0.15, -0.1) is 0 Å². The van der Waals surface area contributed by atoms with Crippen molar-refractivity contribution in [2.75, 3.05) is 0 Å². The summed E-state index contributed by atoms with van der Waals surface area (Å²) >= 11 is 11.7. The Kier molecular flexibility index (Phi) is 6.20. The highest BCUT2D eigenvalue weighted by molar-refractivity contribution is 9.10. The molecule has 0 bridgehead atoms. The van der Waals surface area contributed by atoms with Gasteiger partial charge in [0, 0.05) is 20.5 Å². The number of imide groups is 1. The molecule has 8 heteroatoms. The SMILES string of the molecule is O=C1S/C(=C\c2ccc(Sc3ccc(Cl)cc3)o2)C(=O)N1Cc1cccc(Br)c1. The molecule has 0 aliphatic carbocycles. The standard InChI is InChI=1S/C21H13BrClNO3S2/c22-14-3-1-2-13(10-14)12-24-20(25)18(29-21(24)26)11-16-6-9-19(27-16)28-17-7-4-15(23)5-8-17/h1-11H,12H2/b18-11-. The lowest BCUT2D eigenvalue weighted by atomic mass is 10.2. The van der Waals surface area contributed by atoms with Crippen LogP contribution in [0.15, 0.2) is 84.4 Å². The van der Waals surface area contributed by atoms with Crippen LogP contribution in [0.25, 0.3) is 6.08 Å². The second-order valence-corrected chi connectivity index (χ2v) is 9.53. The highest BCUT2D eigenvalue weighted by Gasteiger charge is 2.35. The van der Waals surface area contributed by atoms with Gasteiger partial charge in [0.25, 0.3) is 11.1 Å². The van der Waals surface area contributed by atoms with Crippen LogP contribution in [0, 0.1) is 0 Å². The molecular formula is C21H13BrClNO3S2. The molecule has 0 radical (unpaired) electrons. The molecule has 2 heterocycles. The van der Waals surface area contributed by atoms with Gasteiger partial charge in [-0.1, -0.05) is 51.4 Å². The lowest BCUT2D eigenvalue weighted by molar-refractivity contribution is -0.123. The van der Waals surface area contributed by atoms with E-state index >= 15 is 0 Å². The van der Waals surface area contributed by atoms with Crippen molar-refractivity contribution in [3.05, 3.63) is 86.4 Å². The molecule has 4 nitrogen and oxygen atoms in total. The van der Waals surface area contributed by atoms with Crippen LogP contribution in [0.3, 0.4) is 0 Å². The van der Waals surface area contributed by atoms with Crippen LogP contribution in [0.1, 0.15) is 11.3 Å². The first-order valence-corrected chi connectivity index (χ1v) is 11.3. The first-order valence-electron chi connectivity index (χ1n) is 8.51. The minimum absolute atomic E-state index is 0.233. The molecule has 146 valence electrons. The van der Waals surface area contributed by atoms with E-state index in [0.29, 0.717) is 20.8 Å². The molecule has 0 saturated carbocycles. The molecule has 4 rings (SSSR count). The van der Waals surface area contributed by atoms with E-state index < -0.39 is 0 Å². The van der Waals surface area contributed by atoms with Crippen molar-refractivity contribution in [1.29, 1.82) is 0 Å². The fraction of sp³-hybridized carbons (Fsp3) is 0.0476. The van der Waals surface area contributed by atoms with E-state index in [2.05, 4.69) is 15.9 Å². The van der Waals surface area contributed by atoms with E-state index in [9.17, 15) is 9.59 Å². The number of rotatable bonds is 5. The molecule has 1 saturated heterocycles. The van der Waals surface area contributed by atoms with Crippen LogP contribution in [-0.4, -0.2) is 16.0 Å². The van der Waals surface area contributed by atoms with Gasteiger partial charge in [0.05, 0.1) is 11.4 Å². The van der Waals surface area contributed by atoms with E-state index in [1.165, 1.54) is 16.7 Å². The Morgan fingerprint density at radius 2 is 1.90 bits per heavy atom. The summed E-state index contributed by atoms with van der Waals surface area (Å²) in [7, 11) is 0. The average Bonchev–Trinajstić information content (AvgIpc) is 3.23. The molecule has 3 aromatic rings. The maximum absolute atomic E-state index is 12.7. The van der Waals surface area contributed by atoms with Gasteiger partial charge in [-0.3, -0.25) is 14.5 Å². The predicted octanol–water partition coefficient (Wildman–Crippen LogP) is 7.08. The molecule has 2 amide bonds. The molecule has 29 heavy (non-hydrogen) atoms. The monoisotopic (exact) mass is 505 g/mol. The van der Waals surface area contributed by atoms with Gasteiger partial charge in [0.1, 0.15) is 5.76 Å².